The third-order valence-corrected chi connectivity index (χ3v) is 5.20. The molecule has 1 saturated heterocycles. The molecule has 7 nitrogen and oxygen atoms in total. The molecule has 1 N–H and O–H groups in total. The zero-order valence-electron chi connectivity index (χ0n) is 15.5. The fourth-order valence-corrected chi connectivity index (χ4v) is 3.75. The highest BCUT2D eigenvalue weighted by Crippen LogP contribution is 2.27. The molecule has 0 spiro atoms. The van der Waals surface area contributed by atoms with Crippen molar-refractivity contribution in [3.05, 3.63) is 42.2 Å². The van der Waals surface area contributed by atoms with Crippen molar-refractivity contribution in [2.24, 2.45) is 0 Å². The molecule has 1 fully saturated rings. The third-order valence-electron chi connectivity index (χ3n) is 5.20. The summed E-state index contributed by atoms with van der Waals surface area (Å²) in [5.41, 5.74) is 5.06. The van der Waals surface area contributed by atoms with Gasteiger partial charge in [-0.15, -0.1) is 5.10 Å². The lowest BCUT2D eigenvalue weighted by atomic mass is 10.1. The number of aryl methyl sites for hydroxylation is 1. The molecule has 1 aliphatic rings. The molecule has 0 amide bonds. The first-order valence-electron chi connectivity index (χ1n) is 9.41. The van der Waals surface area contributed by atoms with Gasteiger partial charge in [0.1, 0.15) is 5.82 Å². The number of ether oxygens (including phenoxy) is 1. The van der Waals surface area contributed by atoms with Crippen molar-refractivity contribution >= 4 is 22.4 Å². The Balaban J connectivity index is 1.60. The Hall–Kier alpha value is -2.93. The number of hydrogen-bond donors (Lipinski definition) is 1. The number of H-pyrrole nitrogens is 1. The smallest absolute Gasteiger partial charge is 0.154 e. The molecule has 0 saturated carbocycles. The van der Waals surface area contributed by atoms with Crippen molar-refractivity contribution in [3.8, 4) is 11.3 Å². The molecule has 5 rings (SSSR count). The maximum absolute atomic E-state index is 5.65. The van der Waals surface area contributed by atoms with E-state index in [0.717, 1.165) is 65.4 Å². The number of hydrogen-bond acceptors (Lipinski definition) is 5. The topological polar surface area (TPSA) is 71.3 Å². The molecule has 138 valence electrons. The van der Waals surface area contributed by atoms with Gasteiger partial charge < -0.3 is 9.64 Å². The van der Waals surface area contributed by atoms with Crippen LogP contribution in [0, 0.1) is 0 Å². The predicted octanol–water partition coefficient (Wildman–Crippen LogP) is 3.06. The number of fused-ring (bicyclic) bond motifs is 2. The highest BCUT2D eigenvalue weighted by Gasteiger charge is 2.19. The highest BCUT2D eigenvalue weighted by molar-refractivity contribution is 5.86. The normalized spacial score (nSPS) is 17.9. The summed E-state index contributed by atoms with van der Waals surface area (Å²) in [6, 6.07) is 10.4. The molecule has 4 aromatic rings. The van der Waals surface area contributed by atoms with E-state index in [1.807, 2.05) is 28.9 Å². The summed E-state index contributed by atoms with van der Waals surface area (Å²) in [6.07, 6.45) is 3.03. The van der Waals surface area contributed by atoms with Gasteiger partial charge in [-0.25, -0.2) is 9.50 Å². The maximum atomic E-state index is 5.65. The van der Waals surface area contributed by atoms with Gasteiger partial charge in [0, 0.05) is 29.7 Å². The molecule has 0 unspecified atom stereocenters. The zero-order valence-corrected chi connectivity index (χ0v) is 15.5. The quantitative estimate of drug-likeness (QED) is 0.606. The Morgan fingerprint density at radius 3 is 3.04 bits per heavy atom. The van der Waals surface area contributed by atoms with E-state index in [4.69, 9.17) is 9.84 Å². The van der Waals surface area contributed by atoms with Gasteiger partial charge in [-0.2, -0.15) is 5.10 Å². The Kier molecular flexibility index (Phi) is 3.82. The minimum Gasteiger partial charge on any atom is -0.375 e. The molecule has 0 bridgehead atoms. The molecular formula is C20H22N6O. The summed E-state index contributed by atoms with van der Waals surface area (Å²) in [5.74, 6) is 0.954. The summed E-state index contributed by atoms with van der Waals surface area (Å²) >= 11 is 0. The summed E-state index contributed by atoms with van der Waals surface area (Å²) in [6.45, 7) is 6.66. The van der Waals surface area contributed by atoms with Crippen LogP contribution in [0.4, 0.5) is 5.82 Å². The van der Waals surface area contributed by atoms with Crippen LogP contribution < -0.4 is 4.90 Å². The number of rotatable bonds is 3. The SMILES string of the molecule is CCc1[nH]nc2ccc(-c3cnc4ccc(N5CCO[C@@H](C)C5)nn34)cc12. The van der Waals surface area contributed by atoms with Crippen LogP contribution in [0.3, 0.4) is 0 Å². The number of aromatic amines is 1. The number of anilines is 1. The van der Waals surface area contributed by atoms with Gasteiger partial charge in [-0.3, -0.25) is 5.10 Å². The van der Waals surface area contributed by atoms with E-state index in [-0.39, 0.29) is 6.10 Å². The van der Waals surface area contributed by atoms with E-state index in [1.165, 1.54) is 0 Å². The molecule has 0 radical (unpaired) electrons. The molecule has 3 aromatic heterocycles. The first-order chi connectivity index (χ1) is 13.2. The van der Waals surface area contributed by atoms with Gasteiger partial charge in [-0.1, -0.05) is 13.0 Å². The van der Waals surface area contributed by atoms with Gasteiger partial charge in [0.15, 0.2) is 5.65 Å². The van der Waals surface area contributed by atoms with Crippen LogP contribution in [-0.4, -0.2) is 50.6 Å². The van der Waals surface area contributed by atoms with Crippen LogP contribution >= 0.6 is 0 Å². The van der Waals surface area contributed by atoms with Crippen molar-refractivity contribution in [3.63, 3.8) is 0 Å². The average molecular weight is 362 g/mol. The van der Waals surface area contributed by atoms with E-state index in [0.29, 0.717) is 0 Å². The second-order valence-electron chi connectivity index (χ2n) is 7.02. The van der Waals surface area contributed by atoms with Crippen molar-refractivity contribution in [1.82, 2.24) is 24.8 Å². The number of morpholine rings is 1. The lowest BCUT2D eigenvalue weighted by Gasteiger charge is -2.31. The average Bonchev–Trinajstić information content (AvgIpc) is 3.30. The van der Waals surface area contributed by atoms with Crippen LogP contribution in [0.5, 0.6) is 0 Å². The number of nitrogens with one attached hydrogen (secondary N) is 1. The lowest BCUT2D eigenvalue weighted by Crippen LogP contribution is -2.41. The molecular weight excluding hydrogens is 340 g/mol. The Morgan fingerprint density at radius 2 is 2.19 bits per heavy atom. The summed E-state index contributed by atoms with van der Waals surface area (Å²) < 4.78 is 7.59. The zero-order chi connectivity index (χ0) is 18.4. The number of benzene rings is 1. The van der Waals surface area contributed by atoms with E-state index in [1.54, 1.807) is 0 Å². The second-order valence-corrected chi connectivity index (χ2v) is 7.02. The fourth-order valence-electron chi connectivity index (χ4n) is 3.75. The van der Waals surface area contributed by atoms with Crippen LogP contribution in [0.1, 0.15) is 19.5 Å². The van der Waals surface area contributed by atoms with Crippen molar-refractivity contribution in [2.45, 2.75) is 26.4 Å². The molecule has 4 heterocycles. The van der Waals surface area contributed by atoms with Gasteiger partial charge >= 0.3 is 0 Å². The monoisotopic (exact) mass is 362 g/mol. The summed E-state index contributed by atoms with van der Waals surface area (Å²) in [4.78, 5) is 6.81. The number of imidazole rings is 1. The first-order valence-corrected chi connectivity index (χ1v) is 9.41. The van der Waals surface area contributed by atoms with E-state index in [9.17, 15) is 0 Å². The molecule has 1 aromatic carbocycles. The Bertz CT molecular complexity index is 1110. The Morgan fingerprint density at radius 1 is 1.26 bits per heavy atom. The molecule has 7 heteroatoms. The van der Waals surface area contributed by atoms with E-state index < -0.39 is 0 Å². The van der Waals surface area contributed by atoms with E-state index >= 15 is 0 Å². The lowest BCUT2D eigenvalue weighted by molar-refractivity contribution is 0.0529. The fraction of sp³-hybridized carbons (Fsp3) is 0.350. The highest BCUT2D eigenvalue weighted by atomic mass is 16.5. The number of nitrogens with zero attached hydrogens (tertiary/aromatic N) is 5. The van der Waals surface area contributed by atoms with Gasteiger partial charge in [0.05, 0.1) is 30.1 Å². The molecule has 27 heavy (non-hydrogen) atoms. The van der Waals surface area contributed by atoms with Crippen LogP contribution in [0.15, 0.2) is 36.5 Å². The van der Waals surface area contributed by atoms with Crippen molar-refractivity contribution in [2.75, 3.05) is 24.6 Å². The minimum absolute atomic E-state index is 0.217. The summed E-state index contributed by atoms with van der Waals surface area (Å²) in [7, 11) is 0. The third kappa shape index (κ3) is 2.75. The standard InChI is InChI=1S/C20H22N6O/c1-3-16-15-10-14(4-5-17(15)23-22-16)18-11-21-19-6-7-20(24-26(18)19)25-8-9-27-13(2)12-25/h4-7,10-11,13H,3,8-9,12H2,1-2H3,(H,22,23)/t13-/m0/s1. The molecule has 1 aliphatic heterocycles. The number of aromatic nitrogens is 5. The second kappa shape index (κ2) is 6.35. The molecule has 1 atom stereocenters. The Labute approximate surface area is 157 Å². The molecule has 0 aliphatic carbocycles. The van der Waals surface area contributed by atoms with Crippen molar-refractivity contribution < 1.29 is 4.74 Å². The predicted molar refractivity (Wildman–Crippen MR) is 105 cm³/mol. The van der Waals surface area contributed by atoms with Crippen LogP contribution in [0.25, 0.3) is 27.8 Å². The van der Waals surface area contributed by atoms with E-state index in [2.05, 4.69) is 46.1 Å². The van der Waals surface area contributed by atoms with Crippen molar-refractivity contribution in [1.29, 1.82) is 0 Å². The van der Waals surface area contributed by atoms with Gasteiger partial charge in [-0.05, 0) is 37.6 Å². The minimum atomic E-state index is 0.217. The first kappa shape index (κ1) is 16.3. The maximum Gasteiger partial charge on any atom is 0.154 e. The van der Waals surface area contributed by atoms with Crippen LogP contribution in [0.2, 0.25) is 0 Å². The van der Waals surface area contributed by atoms with Crippen LogP contribution in [-0.2, 0) is 11.2 Å². The van der Waals surface area contributed by atoms with Gasteiger partial charge in [0.2, 0.25) is 0 Å². The summed E-state index contributed by atoms with van der Waals surface area (Å²) in [5, 5.41) is 13.5. The largest absolute Gasteiger partial charge is 0.375 e. The van der Waals surface area contributed by atoms with Gasteiger partial charge in [0.25, 0.3) is 0 Å².